The molecule has 152 valence electrons. The van der Waals surface area contributed by atoms with E-state index in [4.69, 9.17) is 9.84 Å². The van der Waals surface area contributed by atoms with Crippen LogP contribution in [-0.4, -0.2) is 81.2 Å². The molecule has 0 bridgehead atoms. The molecule has 2 rings (SSSR count). The number of carbonyl (C=O) groups excluding carboxylic acids is 1. The van der Waals surface area contributed by atoms with E-state index in [9.17, 15) is 25.2 Å². The van der Waals surface area contributed by atoms with Crippen molar-refractivity contribution < 1.29 is 35.1 Å². The van der Waals surface area contributed by atoms with Gasteiger partial charge in [-0.2, -0.15) is 0 Å². The highest BCUT2D eigenvalue weighted by molar-refractivity contribution is 5.86. The Balaban J connectivity index is 2.00. The Morgan fingerprint density at radius 1 is 1.12 bits per heavy atom. The third-order valence-corrected chi connectivity index (χ3v) is 5.62. The summed E-state index contributed by atoms with van der Waals surface area (Å²) in [5.74, 6) is -2.33. The molecule has 26 heavy (non-hydrogen) atoms. The van der Waals surface area contributed by atoms with Gasteiger partial charge >= 0.3 is 0 Å². The summed E-state index contributed by atoms with van der Waals surface area (Å²) >= 11 is 0. The second kappa shape index (κ2) is 10.1. The summed E-state index contributed by atoms with van der Waals surface area (Å²) in [6.45, 7) is -0.892. The lowest BCUT2D eigenvalue weighted by Gasteiger charge is -2.47. The molecule has 2 aliphatic rings. The van der Waals surface area contributed by atoms with E-state index in [-0.39, 0.29) is 19.6 Å². The van der Waals surface area contributed by atoms with Crippen LogP contribution in [0.1, 0.15) is 51.4 Å². The van der Waals surface area contributed by atoms with E-state index >= 15 is 0 Å². The van der Waals surface area contributed by atoms with Crippen LogP contribution >= 0.6 is 0 Å². The Morgan fingerprint density at radius 3 is 2.42 bits per heavy atom. The molecule has 1 saturated carbocycles. The number of Topliss-reactive ketones (excluding diaryl/α,β-unsaturated/α-hetero) is 1. The molecule has 1 unspecified atom stereocenters. The van der Waals surface area contributed by atoms with Crippen molar-refractivity contribution >= 4 is 5.78 Å². The van der Waals surface area contributed by atoms with Gasteiger partial charge < -0.3 is 35.6 Å². The predicted octanol–water partition coefficient (Wildman–Crippen LogP) is -0.942. The first-order valence-electron chi connectivity index (χ1n) is 9.68. The highest BCUT2D eigenvalue weighted by atomic mass is 16.7. The molecule has 8 heteroatoms. The summed E-state index contributed by atoms with van der Waals surface area (Å²) in [5, 5.41) is 52.1. The number of hydrogen-bond donors (Lipinski definition) is 6. The third-order valence-electron chi connectivity index (χ3n) is 5.62. The second-order valence-corrected chi connectivity index (χ2v) is 7.49. The number of hydrogen-bond acceptors (Lipinski definition) is 8. The van der Waals surface area contributed by atoms with Gasteiger partial charge in [-0.1, -0.05) is 38.5 Å². The van der Waals surface area contributed by atoms with Crippen molar-refractivity contribution in [1.82, 2.24) is 5.32 Å². The maximum absolute atomic E-state index is 12.7. The Hall–Kier alpha value is -0.610. The molecule has 0 aromatic carbocycles. The van der Waals surface area contributed by atoms with Crippen LogP contribution in [0.3, 0.4) is 0 Å². The largest absolute Gasteiger partial charge is 0.395 e. The van der Waals surface area contributed by atoms with Crippen LogP contribution in [-0.2, 0) is 9.53 Å². The first-order chi connectivity index (χ1) is 12.4. The van der Waals surface area contributed by atoms with Crippen LogP contribution in [0.25, 0.3) is 0 Å². The SMILES string of the molecule is O=C(CCCC1CCCCC1)C1(O)O[C@H](CO)[C@@H](O)[C@H](O)[C@H]1NCCO. The van der Waals surface area contributed by atoms with Crippen molar-refractivity contribution in [3.63, 3.8) is 0 Å². The Labute approximate surface area is 154 Å². The van der Waals surface area contributed by atoms with Gasteiger partial charge in [0.1, 0.15) is 18.3 Å². The van der Waals surface area contributed by atoms with Gasteiger partial charge in [-0.05, 0) is 12.3 Å². The number of carbonyl (C=O) groups is 1. The molecule has 2 fully saturated rings. The van der Waals surface area contributed by atoms with Crippen molar-refractivity contribution in [3.05, 3.63) is 0 Å². The van der Waals surface area contributed by atoms with Gasteiger partial charge in [-0.3, -0.25) is 4.79 Å². The fraction of sp³-hybridized carbons (Fsp3) is 0.944. The van der Waals surface area contributed by atoms with E-state index in [0.29, 0.717) is 12.3 Å². The highest BCUT2D eigenvalue weighted by Crippen LogP contribution is 2.32. The maximum atomic E-state index is 12.7. The predicted molar refractivity (Wildman–Crippen MR) is 93.2 cm³/mol. The number of aliphatic hydroxyl groups excluding tert-OH is 4. The minimum absolute atomic E-state index is 0.0132. The lowest BCUT2D eigenvalue weighted by molar-refractivity contribution is -0.302. The summed E-state index contributed by atoms with van der Waals surface area (Å²) in [5.41, 5.74) is 0. The van der Waals surface area contributed by atoms with Crippen LogP contribution in [0.15, 0.2) is 0 Å². The number of nitrogens with one attached hydrogen (secondary N) is 1. The van der Waals surface area contributed by atoms with Crippen molar-refractivity contribution in [1.29, 1.82) is 0 Å². The monoisotopic (exact) mass is 375 g/mol. The van der Waals surface area contributed by atoms with Gasteiger partial charge in [-0.25, -0.2) is 0 Å². The van der Waals surface area contributed by atoms with E-state index in [1.807, 2.05) is 0 Å². The van der Waals surface area contributed by atoms with Crippen molar-refractivity contribution in [3.8, 4) is 0 Å². The Bertz CT molecular complexity index is 443. The molecule has 0 aromatic heterocycles. The minimum Gasteiger partial charge on any atom is -0.395 e. The molecule has 1 heterocycles. The smallest absolute Gasteiger partial charge is 0.245 e. The van der Waals surface area contributed by atoms with E-state index in [0.717, 1.165) is 6.42 Å². The minimum atomic E-state index is -2.35. The fourth-order valence-electron chi connectivity index (χ4n) is 4.09. The first kappa shape index (κ1) is 21.7. The van der Waals surface area contributed by atoms with E-state index in [1.165, 1.54) is 32.1 Å². The Morgan fingerprint density at radius 2 is 1.81 bits per heavy atom. The van der Waals surface area contributed by atoms with Crippen molar-refractivity contribution in [2.75, 3.05) is 19.8 Å². The van der Waals surface area contributed by atoms with E-state index < -0.39 is 42.5 Å². The molecular weight excluding hydrogens is 342 g/mol. The lowest BCUT2D eigenvalue weighted by Crippen LogP contribution is -2.72. The lowest BCUT2D eigenvalue weighted by atomic mass is 9.83. The molecule has 1 aliphatic heterocycles. The van der Waals surface area contributed by atoms with Crippen LogP contribution in [0.4, 0.5) is 0 Å². The molecule has 1 saturated heterocycles. The van der Waals surface area contributed by atoms with Gasteiger partial charge in [0.15, 0.2) is 5.78 Å². The van der Waals surface area contributed by atoms with Crippen LogP contribution in [0.5, 0.6) is 0 Å². The van der Waals surface area contributed by atoms with Gasteiger partial charge in [0, 0.05) is 13.0 Å². The van der Waals surface area contributed by atoms with Crippen LogP contribution < -0.4 is 5.32 Å². The van der Waals surface area contributed by atoms with Crippen LogP contribution in [0.2, 0.25) is 0 Å². The summed E-state index contributed by atoms with van der Waals surface area (Å²) in [6.07, 6.45) is 3.45. The third kappa shape index (κ3) is 5.01. The van der Waals surface area contributed by atoms with Crippen molar-refractivity contribution in [2.24, 2.45) is 5.92 Å². The molecule has 0 spiro atoms. The van der Waals surface area contributed by atoms with Gasteiger partial charge in [0.25, 0.3) is 0 Å². The molecular formula is C18H33NO7. The summed E-state index contributed by atoms with van der Waals surface area (Å²) in [4.78, 5) is 12.7. The number of ketones is 1. The zero-order chi connectivity index (χ0) is 19.2. The summed E-state index contributed by atoms with van der Waals surface area (Å²) in [6, 6.07) is -1.28. The Kier molecular flexibility index (Phi) is 8.41. The highest BCUT2D eigenvalue weighted by Gasteiger charge is 2.56. The molecule has 0 amide bonds. The standard InChI is InChI=1S/C18H33NO7/c20-10-9-19-17-16(24)15(23)13(11-21)26-18(17,25)14(22)8-4-7-12-5-2-1-3-6-12/h12-13,15-17,19-21,23-25H,1-11H2/t13-,15-,16+,17-,18?/m1/s1. The zero-order valence-electron chi connectivity index (χ0n) is 15.2. The van der Waals surface area contributed by atoms with Crippen molar-refractivity contribution in [2.45, 2.75) is 81.5 Å². The number of ether oxygens (including phenoxy) is 1. The van der Waals surface area contributed by atoms with Gasteiger partial charge in [0.05, 0.1) is 19.3 Å². The van der Waals surface area contributed by atoms with E-state index in [2.05, 4.69) is 5.32 Å². The topological polar surface area (TPSA) is 139 Å². The average Bonchev–Trinajstić information content (AvgIpc) is 2.65. The fourth-order valence-corrected chi connectivity index (χ4v) is 4.09. The summed E-state index contributed by atoms with van der Waals surface area (Å²) in [7, 11) is 0. The quantitative estimate of drug-likeness (QED) is 0.303. The molecule has 0 aromatic rings. The normalized spacial score (nSPS) is 36.2. The van der Waals surface area contributed by atoms with E-state index in [1.54, 1.807) is 0 Å². The average molecular weight is 375 g/mol. The molecule has 6 N–H and O–H groups in total. The van der Waals surface area contributed by atoms with Gasteiger partial charge in [0.2, 0.25) is 5.79 Å². The maximum Gasteiger partial charge on any atom is 0.245 e. The second-order valence-electron chi connectivity index (χ2n) is 7.49. The summed E-state index contributed by atoms with van der Waals surface area (Å²) < 4.78 is 5.32. The molecule has 1 aliphatic carbocycles. The molecule has 5 atom stereocenters. The molecule has 0 radical (unpaired) electrons. The van der Waals surface area contributed by atoms with Gasteiger partial charge in [-0.15, -0.1) is 0 Å². The first-order valence-corrected chi connectivity index (χ1v) is 9.68. The van der Waals surface area contributed by atoms with Crippen LogP contribution in [0, 0.1) is 5.92 Å². The zero-order valence-corrected chi connectivity index (χ0v) is 15.2. The molecule has 8 nitrogen and oxygen atoms in total. The number of aliphatic hydroxyl groups is 5. The number of rotatable bonds is 9.